The maximum Gasteiger partial charge on any atom is 0.337 e. The summed E-state index contributed by atoms with van der Waals surface area (Å²) in [5, 5.41) is 8.39. The largest absolute Gasteiger partial charge is 0.478 e. The molecule has 0 radical (unpaired) electrons. The minimum Gasteiger partial charge on any atom is -0.478 e. The molecule has 7 heteroatoms. The fourth-order valence-corrected chi connectivity index (χ4v) is 4.58. The van der Waals surface area contributed by atoms with Gasteiger partial charge in [-0.1, -0.05) is 30.9 Å². The van der Waals surface area contributed by atoms with Gasteiger partial charge in [0.05, 0.1) is 21.2 Å². The minimum absolute atomic E-state index is 0.0516. The lowest BCUT2D eigenvalue weighted by Gasteiger charge is -2.21. The van der Waals surface area contributed by atoms with Crippen molar-refractivity contribution in [1.29, 1.82) is 0 Å². The van der Waals surface area contributed by atoms with Crippen molar-refractivity contribution in [2.75, 3.05) is 5.75 Å². The number of rotatable bonds is 4. The first-order valence-corrected chi connectivity index (χ1v) is 8.79. The highest BCUT2D eigenvalue weighted by Gasteiger charge is 2.26. The van der Waals surface area contributed by atoms with Crippen LogP contribution in [0.3, 0.4) is 0 Å². The first kappa shape index (κ1) is 16.2. The van der Waals surface area contributed by atoms with E-state index in [1.165, 1.54) is 0 Å². The summed E-state index contributed by atoms with van der Waals surface area (Å²) in [5.74, 6) is -2.50. The average molecular weight is 335 g/mol. The molecule has 1 aliphatic carbocycles. The van der Waals surface area contributed by atoms with Crippen LogP contribution in [0.1, 0.15) is 42.5 Å². The van der Waals surface area contributed by atoms with Crippen molar-refractivity contribution in [3.05, 3.63) is 28.5 Å². The van der Waals surface area contributed by atoms with E-state index in [4.69, 9.17) is 16.7 Å². The molecule has 2 rings (SSSR count). The number of sulfone groups is 1. The molecule has 0 atom stereocenters. The Bertz CT molecular complexity index is 651. The zero-order chi connectivity index (χ0) is 15.6. The summed E-state index contributed by atoms with van der Waals surface area (Å²) in [6.45, 7) is 0. The van der Waals surface area contributed by atoms with Crippen molar-refractivity contribution in [3.63, 3.8) is 0 Å². The lowest BCUT2D eigenvalue weighted by Crippen LogP contribution is -2.19. The molecule has 1 aromatic carbocycles. The van der Waals surface area contributed by atoms with E-state index in [9.17, 15) is 17.6 Å². The number of hydrogen-bond acceptors (Lipinski definition) is 3. The van der Waals surface area contributed by atoms with Crippen molar-refractivity contribution in [2.24, 2.45) is 5.92 Å². The number of hydrogen-bond donors (Lipinski definition) is 1. The maximum absolute atomic E-state index is 13.6. The molecule has 0 bridgehead atoms. The Morgan fingerprint density at radius 3 is 2.48 bits per heavy atom. The van der Waals surface area contributed by atoms with Crippen LogP contribution in [0.25, 0.3) is 0 Å². The molecule has 1 aromatic rings. The van der Waals surface area contributed by atoms with Gasteiger partial charge in [-0.2, -0.15) is 0 Å². The molecular weight excluding hydrogens is 319 g/mol. The average Bonchev–Trinajstić information content (AvgIpc) is 2.41. The molecule has 0 aliphatic heterocycles. The normalized spacial score (nSPS) is 16.9. The standard InChI is InChI=1S/C14H16ClFO4S/c15-13-11(14(17)18)6-10(7-12(13)16)21(19,20)8-9-4-2-1-3-5-9/h6-7,9H,1-5,8H2,(H,17,18). The highest BCUT2D eigenvalue weighted by atomic mass is 35.5. The van der Waals surface area contributed by atoms with E-state index in [2.05, 4.69) is 0 Å². The Balaban J connectivity index is 2.33. The van der Waals surface area contributed by atoms with E-state index < -0.39 is 32.2 Å². The van der Waals surface area contributed by atoms with E-state index in [-0.39, 0.29) is 16.6 Å². The van der Waals surface area contributed by atoms with Crippen molar-refractivity contribution in [1.82, 2.24) is 0 Å². The van der Waals surface area contributed by atoms with Crippen LogP contribution < -0.4 is 0 Å². The van der Waals surface area contributed by atoms with Gasteiger partial charge in [-0.25, -0.2) is 17.6 Å². The van der Waals surface area contributed by atoms with Crippen LogP contribution in [0.5, 0.6) is 0 Å². The number of halogens is 2. The summed E-state index contributed by atoms with van der Waals surface area (Å²) < 4.78 is 38.3. The van der Waals surface area contributed by atoms with Gasteiger partial charge >= 0.3 is 5.97 Å². The van der Waals surface area contributed by atoms with Crippen LogP contribution >= 0.6 is 11.6 Å². The molecular formula is C14H16ClFO4S. The van der Waals surface area contributed by atoms with Gasteiger partial charge in [0.2, 0.25) is 0 Å². The lowest BCUT2D eigenvalue weighted by molar-refractivity contribution is 0.0696. The SMILES string of the molecule is O=C(O)c1cc(S(=O)(=O)CC2CCCCC2)cc(F)c1Cl. The molecule has 0 amide bonds. The van der Waals surface area contributed by atoms with Gasteiger partial charge in [0.25, 0.3) is 0 Å². The summed E-state index contributed by atoms with van der Waals surface area (Å²) in [6, 6.07) is 1.73. The molecule has 1 saturated carbocycles. The van der Waals surface area contributed by atoms with E-state index in [1.807, 2.05) is 0 Å². The van der Waals surface area contributed by atoms with Gasteiger partial charge in [-0.05, 0) is 30.9 Å². The van der Waals surface area contributed by atoms with Crippen LogP contribution in [0.2, 0.25) is 5.02 Å². The second-order valence-electron chi connectivity index (χ2n) is 5.36. The van der Waals surface area contributed by atoms with Crippen LogP contribution in [0, 0.1) is 11.7 Å². The fraction of sp³-hybridized carbons (Fsp3) is 0.500. The fourth-order valence-electron chi connectivity index (χ4n) is 2.66. The summed E-state index contributed by atoms with van der Waals surface area (Å²) in [7, 11) is -3.72. The highest BCUT2D eigenvalue weighted by molar-refractivity contribution is 7.91. The van der Waals surface area contributed by atoms with E-state index in [1.54, 1.807) is 0 Å². The summed E-state index contributed by atoms with van der Waals surface area (Å²) in [4.78, 5) is 10.7. The third kappa shape index (κ3) is 3.74. The van der Waals surface area contributed by atoms with E-state index >= 15 is 0 Å². The molecule has 0 spiro atoms. The first-order valence-electron chi connectivity index (χ1n) is 6.76. The number of carboxylic acid groups (broad SMARTS) is 1. The minimum atomic E-state index is -3.72. The Hall–Kier alpha value is -1.14. The Morgan fingerprint density at radius 2 is 1.90 bits per heavy atom. The van der Waals surface area contributed by atoms with Gasteiger partial charge in [-0.3, -0.25) is 0 Å². The molecule has 4 nitrogen and oxygen atoms in total. The van der Waals surface area contributed by atoms with Gasteiger partial charge in [0.1, 0.15) is 5.82 Å². The molecule has 1 N–H and O–H groups in total. The quantitative estimate of drug-likeness (QED) is 0.914. The first-order chi connectivity index (χ1) is 9.81. The van der Waals surface area contributed by atoms with Gasteiger partial charge in [0.15, 0.2) is 9.84 Å². The summed E-state index contributed by atoms with van der Waals surface area (Å²) in [6.07, 6.45) is 4.77. The van der Waals surface area contributed by atoms with Crippen LogP contribution in [0.15, 0.2) is 17.0 Å². The van der Waals surface area contributed by atoms with Crippen LogP contribution in [-0.4, -0.2) is 25.2 Å². The molecule has 1 aliphatic rings. The second kappa shape index (κ2) is 6.32. The Kier molecular flexibility index (Phi) is 4.88. The number of carbonyl (C=O) groups is 1. The molecule has 21 heavy (non-hydrogen) atoms. The van der Waals surface area contributed by atoms with Gasteiger partial charge in [-0.15, -0.1) is 0 Å². The molecule has 1 fully saturated rings. The van der Waals surface area contributed by atoms with Crippen LogP contribution in [0.4, 0.5) is 4.39 Å². The Morgan fingerprint density at radius 1 is 1.29 bits per heavy atom. The number of benzene rings is 1. The molecule has 0 aromatic heterocycles. The number of aromatic carboxylic acids is 1. The van der Waals surface area contributed by atoms with Crippen molar-refractivity contribution in [2.45, 2.75) is 37.0 Å². The van der Waals surface area contributed by atoms with Crippen molar-refractivity contribution < 1.29 is 22.7 Å². The number of carboxylic acids is 1. The Labute approximate surface area is 127 Å². The van der Waals surface area contributed by atoms with Gasteiger partial charge < -0.3 is 5.11 Å². The topological polar surface area (TPSA) is 71.4 Å². The zero-order valence-corrected chi connectivity index (χ0v) is 12.9. The molecule has 0 unspecified atom stereocenters. The maximum atomic E-state index is 13.6. The molecule has 116 valence electrons. The summed E-state index contributed by atoms with van der Waals surface area (Å²) >= 11 is 5.55. The van der Waals surface area contributed by atoms with Crippen molar-refractivity contribution in [3.8, 4) is 0 Å². The zero-order valence-electron chi connectivity index (χ0n) is 11.3. The third-order valence-corrected chi connectivity index (χ3v) is 6.02. The van der Waals surface area contributed by atoms with Crippen molar-refractivity contribution >= 4 is 27.4 Å². The van der Waals surface area contributed by atoms with Crippen LogP contribution in [-0.2, 0) is 9.84 Å². The smallest absolute Gasteiger partial charge is 0.337 e. The second-order valence-corrected chi connectivity index (χ2v) is 7.77. The summed E-state index contributed by atoms with van der Waals surface area (Å²) in [5.41, 5.74) is -0.529. The predicted octanol–water partition coefficient (Wildman–Crippen LogP) is 3.53. The molecule has 0 heterocycles. The van der Waals surface area contributed by atoms with E-state index in [0.717, 1.165) is 44.2 Å². The highest BCUT2D eigenvalue weighted by Crippen LogP contribution is 2.29. The van der Waals surface area contributed by atoms with Gasteiger partial charge in [0, 0.05) is 0 Å². The third-order valence-electron chi connectivity index (χ3n) is 3.77. The monoisotopic (exact) mass is 334 g/mol. The lowest BCUT2D eigenvalue weighted by atomic mass is 9.91. The van der Waals surface area contributed by atoms with E-state index in [0.29, 0.717) is 0 Å². The predicted molar refractivity (Wildman–Crippen MR) is 77.0 cm³/mol. The molecule has 0 saturated heterocycles.